The number of nitrogens with zero attached hydrogens (tertiary/aromatic N) is 5. The highest BCUT2D eigenvalue weighted by Crippen LogP contribution is 2.44. The van der Waals surface area contributed by atoms with Gasteiger partial charge in [-0.2, -0.15) is 10.2 Å². The Hall–Kier alpha value is -4.32. The van der Waals surface area contributed by atoms with Gasteiger partial charge in [-0.1, -0.05) is 6.07 Å². The second-order valence-electron chi connectivity index (χ2n) is 10.9. The zero-order valence-corrected chi connectivity index (χ0v) is 23.4. The molecule has 0 unspecified atom stereocenters. The van der Waals surface area contributed by atoms with Crippen LogP contribution in [0.1, 0.15) is 67.1 Å². The van der Waals surface area contributed by atoms with Crippen molar-refractivity contribution in [3.8, 4) is 5.82 Å². The molecule has 0 bridgehead atoms. The van der Waals surface area contributed by atoms with Crippen LogP contribution in [-0.4, -0.2) is 55.1 Å². The van der Waals surface area contributed by atoms with Crippen molar-refractivity contribution in [1.29, 1.82) is 0 Å². The average Bonchev–Trinajstić information content (AvgIpc) is 3.74. The summed E-state index contributed by atoms with van der Waals surface area (Å²) in [6.07, 6.45) is 7.73. The van der Waals surface area contributed by atoms with Gasteiger partial charge in [-0.25, -0.2) is 19.0 Å². The second-order valence-corrected chi connectivity index (χ2v) is 10.9. The van der Waals surface area contributed by atoms with Gasteiger partial charge in [-0.05, 0) is 69.2 Å². The predicted octanol–water partition coefficient (Wildman–Crippen LogP) is 4.46. The number of aryl methyl sites for hydroxylation is 1. The molecule has 0 radical (unpaired) electrons. The van der Waals surface area contributed by atoms with Gasteiger partial charge in [0.25, 0.3) is 5.91 Å². The van der Waals surface area contributed by atoms with Crippen LogP contribution in [0.4, 0.5) is 21.7 Å². The maximum Gasteiger partial charge on any atom is 0.252 e. The fraction of sp³-hybridized carbons (Fsp3) is 0.414. The van der Waals surface area contributed by atoms with Crippen LogP contribution < -0.4 is 16.0 Å². The first-order valence-electron chi connectivity index (χ1n) is 13.9. The first-order valence-corrected chi connectivity index (χ1v) is 13.9. The number of nitrogens with one attached hydrogen (secondary N) is 4. The van der Waals surface area contributed by atoms with E-state index in [1.54, 1.807) is 19.4 Å². The van der Waals surface area contributed by atoms with E-state index in [-0.39, 0.29) is 17.9 Å². The zero-order valence-electron chi connectivity index (χ0n) is 23.4. The van der Waals surface area contributed by atoms with Crippen LogP contribution in [-0.2, 0) is 16.0 Å². The van der Waals surface area contributed by atoms with Crippen LogP contribution in [0, 0.1) is 12.7 Å². The number of aromatic amines is 1. The van der Waals surface area contributed by atoms with Gasteiger partial charge in [0.15, 0.2) is 17.5 Å². The maximum absolute atomic E-state index is 13.6. The van der Waals surface area contributed by atoms with E-state index < -0.39 is 11.4 Å². The molecule has 6 rings (SSSR count). The van der Waals surface area contributed by atoms with Crippen molar-refractivity contribution in [2.75, 3.05) is 24.3 Å². The zero-order chi connectivity index (χ0) is 28.6. The molecule has 1 atom stereocenters. The first-order chi connectivity index (χ1) is 19.8. The molecular weight excluding hydrogens is 525 g/mol. The minimum Gasteiger partial charge on any atom is -0.383 e. The summed E-state index contributed by atoms with van der Waals surface area (Å²) in [5, 5.41) is 21.2. The van der Waals surface area contributed by atoms with Crippen LogP contribution in [0.5, 0.6) is 0 Å². The third-order valence-corrected chi connectivity index (χ3v) is 8.18. The lowest BCUT2D eigenvalue weighted by Crippen LogP contribution is -2.50. The van der Waals surface area contributed by atoms with E-state index in [0.717, 1.165) is 66.3 Å². The Balaban J connectivity index is 1.13. The van der Waals surface area contributed by atoms with E-state index in [4.69, 9.17) is 9.72 Å². The van der Waals surface area contributed by atoms with Crippen molar-refractivity contribution in [3.05, 3.63) is 71.2 Å². The van der Waals surface area contributed by atoms with Gasteiger partial charge in [0.05, 0.1) is 29.8 Å². The summed E-state index contributed by atoms with van der Waals surface area (Å²) in [6, 6.07) is 7.36. The number of ether oxygens (including phenoxy) is 1. The Morgan fingerprint density at radius 3 is 2.71 bits per heavy atom. The van der Waals surface area contributed by atoms with Crippen molar-refractivity contribution < 1.29 is 13.9 Å². The molecule has 1 aliphatic carbocycles. The normalized spacial score (nSPS) is 20.7. The second kappa shape index (κ2) is 10.9. The fourth-order valence-corrected chi connectivity index (χ4v) is 5.82. The highest BCUT2D eigenvalue weighted by atomic mass is 19.1. The molecule has 4 aromatic rings. The minimum atomic E-state index is -0.913. The molecule has 0 spiro atoms. The van der Waals surface area contributed by atoms with Crippen molar-refractivity contribution >= 4 is 23.2 Å². The molecule has 41 heavy (non-hydrogen) atoms. The maximum atomic E-state index is 13.6. The molecule has 4 aromatic heterocycles. The number of carbonyl (C=O) groups excluding carboxylic acids is 1. The Bertz CT molecular complexity index is 1540. The number of methoxy groups -OCH3 is 1. The quantitative estimate of drug-likeness (QED) is 0.249. The largest absolute Gasteiger partial charge is 0.383 e. The summed E-state index contributed by atoms with van der Waals surface area (Å²) in [5.41, 5.74) is 4.30. The van der Waals surface area contributed by atoms with Crippen LogP contribution in [0.3, 0.4) is 0 Å². The van der Waals surface area contributed by atoms with Gasteiger partial charge in [0, 0.05) is 37.5 Å². The van der Waals surface area contributed by atoms with E-state index in [2.05, 4.69) is 42.3 Å². The molecule has 1 aliphatic heterocycles. The number of aromatic nitrogens is 6. The third kappa shape index (κ3) is 5.39. The number of fused-ring (bicyclic) bond motifs is 1. The first kappa shape index (κ1) is 26.9. The van der Waals surface area contributed by atoms with E-state index >= 15 is 0 Å². The van der Waals surface area contributed by atoms with Crippen molar-refractivity contribution in [1.82, 2.24) is 35.3 Å². The summed E-state index contributed by atoms with van der Waals surface area (Å²) in [5.74, 6) is 1.65. The highest BCUT2D eigenvalue weighted by molar-refractivity contribution is 5.85. The summed E-state index contributed by atoms with van der Waals surface area (Å²) in [7, 11) is 1.61. The molecule has 5 heterocycles. The molecule has 1 fully saturated rings. The van der Waals surface area contributed by atoms with Gasteiger partial charge in [-0.15, -0.1) is 0 Å². The molecule has 4 N–H and O–H groups in total. The van der Waals surface area contributed by atoms with E-state index in [1.807, 2.05) is 26.0 Å². The number of hydrogen-bond acceptors (Lipinski definition) is 8. The number of hydrogen-bond donors (Lipinski definition) is 4. The topological polar surface area (TPSA) is 135 Å². The summed E-state index contributed by atoms with van der Waals surface area (Å²) in [6.45, 7) is 4.76. The summed E-state index contributed by atoms with van der Waals surface area (Å²) < 4.78 is 20.6. The molecular formula is C29H34FN9O2. The lowest BCUT2D eigenvalue weighted by molar-refractivity contribution is -0.148. The van der Waals surface area contributed by atoms with Crippen LogP contribution >= 0.6 is 0 Å². The molecule has 214 valence electrons. The van der Waals surface area contributed by atoms with Gasteiger partial charge < -0.3 is 20.7 Å². The predicted molar refractivity (Wildman–Crippen MR) is 152 cm³/mol. The van der Waals surface area contributed by atoms with Gasteiger partial charge in [0.1, 0.15) is 11.4 Å². The minimum absolute atomic E-state index is 0.134. The number of halogens is 1. The Morgan fingerprint density at radius 1 is 1.22 bits per heavy atom. The number of H-pyrrole nitrogens is 1. The third-order valence-electron chi connectivity index (χ3n) is 8.18. The molecule has 11 nitrogen and oxygen atoms in total. The van der Waals surface area contributed by atoms with E-state index in [9.17, 15) is 9.18 Å². The van der Waals surface area contributed by atoms with Crippen LogP contribution in [0.15, 0.2) is 42.9 Å². The van der Waals surface area contributed by atoms with Crippen molar-refractivity contribution in [3.63, 3.8) is 0 Å². The number of rotatable bonds is 8. The summed E-state index contributed by atoms with van der Waals surface area (Å²) >= 11 is 0. The molecule has 0 aromatic carbocycles. The standard InChI is InChI=1S/C29H34FN9O2/c1-17-12-24(38-37-17)35-23-13-20-8-11-31-26(20)27(36-23)19-6-9-29(41-3,10-7-19)28(40)34-18(2)21-4-5-25(32-14-21)39-16-22(30)15-33-39/h4-5,12-16,18-19,31H,6-11H2,1-3H3,(H,34,40)(H2,35,36,37,38)/t18-,19-,29+/m0/s1. The van der Waals surface area contributed by atoms with Gasteiger partial charge in [-0.3, -0.25) is 9.89 Å². The van der Waals surface area contributed by atoms with Crippen molar-refractivity contribution in [2.24, 2.45) is 0 Å². The van der Waals surface area contributed by atoms with Gasteiger partial charge in [0.2, 0.25) is 0 Å². The lowest BCUT2D eigenvalue weighted by Gasteiger charge is -2.38. The average molecular weight is 560 g/mol. The monoisotopic (exact) mass is 559 g/mol. The number of amides is 1. The Kier molecular flexibility index (Phi) is 7.16. The van der Waals surface area contributed by atoms with E-state index in [0.29, 0.717) is 18.7 Å². The van der Waals surface area contributed by atoms with Gasteiger partial charge >= 0.3 is 0 Å². The molecule has 0 saturated heterocycles. The highest BCUT2D eigenvalue weighted by Gasteiger charge is 2.43. The van der Waals surface area contributed by atoms with Crippen LogP contribution in [0.2, 0.25) is 0 Å². The smallest absolute Gasteiger partial charge is 0.252 e. The molecule has 1 amide bonds. The van der Waals surface area contributed by atoms with Crippen molar-refractivity contribution in [2.45, 2.75) is 63.5 Å². The fourth-order valence-electron chi connectivity index (χ4n) is 5.82. The number of pyridine rings is 2. The van der Waals surface area contributed by atoms with E-state index in [1.165, 1.54) is 16.4 Å². The van der Waals surface area contributed by atoms with Crippen LogP contribution in [0.25, 0.3) is 5.82 Å². The number of carbonyl (C=O) groups is 1. The Labute approximate surface area is 237 Å². The molecule has 2 aliphatic rings. The number of anilines is 3. The molecule has 12 heteroatoms. The Morgan fingerprint density at radius 2 is 2.05 bits per heavy atom. The lowest BCUT2D eigenvalue weighted by atomic mass is 9.76. The molecule has 1 saturated carbocycles. The summed E-state index contributed by atoms with van der Waals surface area (Å²) in [4.78, 5) is 22.9. The SMILES string of the molecule is CO[C@]1(C(=O)N[C@@H](C)c2ccc(-n3cc(F)cn3)nc2)CC[C@H](c2nc(Nc3cc(C)[nH]n3)cc3c2NCC3)CC1.